The van der Waals surface area contributed by atoms with Gasteiger partial charge in [-0.25, -0.2) is 0 Å². The minimum absolute atomic E-state index is 0.00335. The second-order valence-electron chi connectivity index (χ2n) is 9.30. The third-order valence-corrected chi connectivity index (χ3v) is 7.55. The highest BCUT2D eigenvalue weighted by molar-refractivity contribution is 5.78. The molecule has 5 fully saturated rings. The normalized spacial score (nSPS) is 35.6. The van der Waals surface area contributed by atoms with Crippen LogP contribution in [0.5, 0.6) is 0 Å². The van der Waals surface area contributed by atoms with Crippen molar-refractivity contribution < 1.29 is 4.79 Å². The van der Waals surface area contributed by atoms with Gasteiger partial charge in [0.1, 0.15) is 0 Å². The number of carbonyl (C=O) groups is 1. The fourth-order valence-electron chi connectivity index (χ4n) is 6.75. The molecule has 0 aromatic carbocycles. The zero-order valence-electron chi connectivity index (χ0n) is 15.7. The van der Waals surface area contributed by atoms with Gasteiger partial charge in [0.2, 0.25) is 5.91 Å². The Hall–Kier alpha value is -1.89. The van der Waals surface area contributed by atoms with Crippen LogP contribution in [0.4, 0.5) is 0 Å². The Morgan fingerprint density at radius 1 is 0.963 bits per heavy atom. The standard InChI is InChI=1S/C20H28N4O3/c25-17-8-16(19(27)22-21-17)9-18(26)23-1-3-24(4-2-23)20-10-13-5-14(11-20)7-15(6-13)12-20/h8,13-15H,1-7,9-12H2,(H,21,25)(H,22,27). The number of rotatable bonds is 3. The lowest BCUT2D eigenvalue weighted by Gasteiger charge is -2.61. The average molecular weight is 372 g/mol. The molecule has 5 aliphatic rings. The molecule has 1 saturated heterocycles. The fraction of sp³-hybridized carbons (Fsp3) is 0.750. The van der Waals surface area contributed by atoms with Crippen LogP contribution < -0.4 is 11.1 Å². The van der Waals surface area contributed by atoms with Gasteiger partial charge >= 0.3 is 0 Å². The van der Waals surface area contributed by atoms with Crippen molar-refractivity contribution in [3.8, 4) is 0 Å². The Kier molecular flexibility index (Phi) is 4.04. The van der Waals surface area contributed by atoms with Crippen LogP contribution in [0.3, 0.4) is 0 Å². The van der Waals surface area contributed by atoms with Crippen molar-refractivity contribution in [2.24, 2.45) is 17.8 Å². The predicted molar refractivity (Wildman–Crippen MR) is 100 cm³/mol. The van der Waals surface area contributed by atoms with E-state index in [2.05, 4.69) is 15.1 Å². The third-order valence-electron chi connectivity index (χ3n) is 7.55. The van der Waals surface area contributed by atoms with Gasteiger partial charge in [-0.2, -0.15) is 0 Å². The molecule has 27 heavy (non-hydrogen) atoms. The van der Waals surface area contributed by atoms with Crippen LogP contribution in [-0.4, -0.2) is 57.6 Å². The zero-order chi connectivity index (χ0) is 18.6. The molecule has 0 spiro atoms. The number of nitrogens with one attached hydrogen (secondary N) is 2. The van der Waals surface area contributed by atoms with Crippen molar-refractivity contribution in [3.05, 3.63) is 32.3 Å². The molecule has 7 nitrogen and oxygen atoms in total. The van der Waals surface area contributed by atoms with Gasteiger partial charge in [0.25, 0.3) is 11.1 Å². The highest BCUT2D eigenvalue weighted by atomic mass is 16.2. The summed E-state index contributed by atoms with van der Waals surface area (Å²) in [5, 5.41) is 4.52. The lowest BCUT2D eigenvalue weighted by Crippen LogP contribution is -2.64. The number of carbonyl (C=O) groups excluding carboxylic acids is 1. The molecule has 0 atom stereocenters. The molecule has 2 N–H and O–H groups in total. The van der Waals surface area contributed by atoms with Crippen molar-refractivity contribution in [2.45, 2.75) is 50.5 Å². The van der Waals surface area contributed by atoms with Gasteiger partial charge < -0.3 is 4.90 Å². The fourth-order valence-corrected chi connectivity index (χ4v) is 6.75. The number of aromatic amines is 2. The van der Waals surface area contributed by atoms with E-state index < -0.39 is 5.56 Å². The van der Waals surface area contributed by atoms with Gasteiger partial charge in [0, 0.05) is 43.3 Å². The Morgan fingerprint density at radius 2 is 1.56 bits per heavy atom. The van der Waals surface area contributed by atoms with E-state index in [1.807, 2.05) is 4.90 Å². The van der Waals surface area contributed by atoms with Crippen molar-refractivity contribution in [2.75, 3.05) is 26.2 Å². The molecule has 2 heterocycles. The quantitative estimate of drug-likeness (QED) is 0.818. The molecule has 6 rings (SSSR count). The van der Waals surface area contributed by atoms with Gasteiger partial charge in [-0.15, -0.1) is 0 Å². The van der Waals surface area contributed by atoms with Crippen LogP contribution in [0.2, 0.25) is 0 Å². The highest BCUT2D eigenvalue weighted by Gasteiger charge is 2.53. The van der Waals surface area contributed by atoms with Gasteiger partial charge in [0.15, 0.2) is 0 Å². The average Bonchev–Trinajstić information content (AvgIpc) is 2.64. The van der Waals surface area contributed by atoms with Gasteiger partial charge in [-0.3, -0.25) is 29.5 Å². The number of aromatic nitrogens is 2. The lowest BCUT2D eigenvalue weighted by atomic mass is 9.52. The zero-order valence-corrected chi connectivity index (χ0v) is 15.7. The smallest absolute Gasteiger partial charge is 0.266 e. The minimum Gasteiger partial charge on any atom is -0.340 e. The lowest BCUT2D eigenvalue weighted by molar-refractivity contribution is -0.137. The summed E-state index contributed by atoms with van der Waals surface area (Å²) in [7, 11) is 0. The molecule has 146 valence electrons. The Morgan fingerprint density at radius 3 is 2.15 bits per heavy atom. The summed E-state index contributed by atoms with van der Waals surface area (Å²) in [6, 6.07) is 1.22. The second kappa shape index (κ2) is 6.33. The second-order valence-corrected chi connectivity index (χ2v) is 9.30. The monoisotopic (exact) mass is 372 g/mol. The first-order chi connectivity index (χ1) is 13.0. The summed E-state index contributed by atoms with van der Waals surface area (Å²) in [5.41, 5.74) is -0.139. The maximum absolute atomic E-state index is 12.6. The first-order valence-electron chi connectivity index (χ1n) is 10.3. The molecule has 1 amide bonds. The molecule has 1 aromatic rings. The molecule has 4 bridgehead atoms. The number of H-pyrrole nitrogens is 2. The van der Waals surface area contributed by atoms with Crippen molar-refractivity contribution in [1.29, 1.82) is 0 Å². The Bertz CT molecular complexity index is 814. The number of piperazine rings is 1. The Balaban J connectivity index is 1.23. The summed E-state index contributed by atoms with van der Waals surface area (Å²) in [6.07, 6.45) is 8.41. The first-order valence-corrected chi connectivity index (χ1v) is 10.3. The van der Waals surface area contributed by atoms with E-state index >= 15 is 0 Å². The topological polar surface area (TPSA) is 89.3 Å². The molecule has 0 unspecified atom stereocenters. The van der Waals surface area contributed by atoms with Gasteiger partial charge in [-0.05, 0) is 56.3 Å². The highest BCUT2D eigenvalue weighted by Crippen LogP contribution is 2.57. The van der Waals surface area contributed by atoms with Crippen LogP contribution in [0.15, 0.2) is 15.7 Å². The van der Waals surface area contributed by atoms with E-state index in [1.54, 1.807) is 0 Å². The van der Waals surface area contributed by atoms with Crippen LogP contribution in [0.1, 0.15) is 44.1 Å². The maximum atomic E-state index is 12.6. The SMILES string of the molecule is O=C(Cc1cc(=O)[nH][nH]c1=O)N1CCN(C23CC4CC(CC(C4)C2)C3)CC1. The van der Waals surface area contributed by atoms with Gasteiger partial charge in [-0.1, -0.05) is 0 Å². The van der Waals surface area contributed by atoms with Crippen molar-refractivity contribution >= 4 is 5.91 Å². The molecule has 1 aliphatic heterocycles. The van der Waals surface area contributed by atoms with Crippen molar-refractivity contribution in [3.63, 3.8) is 0 Å². The van der Waals surface area contributed by atoms with Crippen LogP contribution in [-0.2, 0) is 11.2 Å². The van der Waals surface area contributed by atoms with Gasteiger partial charge in [0.05, 0.1) is 6.42 Å². The number of hydrogen-bond donors (Lipinski definition) is 2. The number of hydrogen-bond acceptors (Lipinski definition) is 4. The molecule has 4 aliphatic carbocycles. The van der Waals surface area contributed by atoms with Crippen LogP contribution in [0, 0.1) is 17.8 Å². The molecule has 1 aromatic heterocycles. The summed E-state index contributed by atoms with van der Waals surface area (Å²) in [5.74, 6) is 2.73. The van der Waals surface area contributed by atoms with E-state index in [0.717, 1.165) is 43.9 Å². The molecular weight excluding hydrogens is 344 g/mol. The van der Waals surface area contributed by atoms with Crippen LogP contribution in [0.25, 0.3) is 0 Å². The Labute approximate surface area is 158 Å². The maximum Gasteiger partial charge on any atom is 0.266 e. The number of nitrogens with zero attached hydrogens (tertiary/aromatic N) is 2. The molecule has 7 heteroatoms. The van der Waals surface area contributed by atoms with E-state index in [0.29, 0.717) is 5.54 Å². The third kappa shape index (κ3) is 3.06. The van der Waals surface area contributed by atoms with E-state index in [-0.39, 0.29) is 23.5 Å². The summed E-state index contributed by atoms with van der Waals surface area (Å²) < 4.78 is 0. The summed E-state index contributed by atoms with van der Waals surface area (Å²) >= 11 is 0. The summed E-state index contributed by atoms with van der Waals surface area (Å²) in [4.78, 5) is 40.4. The first kappa shape index (κ1) is 17.2. The number of amides is 1. The molecule has 0 radical (unpaired) electrons. The largest absolute Gasteiger partial charge is 0.340 e. The summed E-state index contributed by atoms with van der Waals surface area (Å²) in [6.45, 7) is 3.32. The molecule has 4 saturated carbocycles. The van der Waals surface area contributed by atoms with Crippen molar-refractivity contribution in [1.82, 2.24) is 20.0 Å². The minimum atomic E-state index is -0.393. The van der Waals surface area contributed by atoms with Crippen LogP contribution >= 0.6 is 0 Å². The predicted octanol–water partition coefficient (Wildman–Crippen LogP) is 0.719. The van der Waals surface area contributed by atoms with E-state index in [4.69, 9.17) is 0 Å². The molecular formula is C20H28N4O3. The van der Waals surface area contributed by atoms with E-state index in [1.165, 1.54) is 44.6 Å². The van der Waals surface area contributed by atoms with E-state index in [9.17, 15) is 14.4 Å².